The average Bonchev–Trinajstić information content (AvgIpc) is 2.99. The van der Waals surface area contributed by atoms with Crippen LogP contribution in [-0.2, 0) is 27.3 Å². The molecule has 128 valence electrons. The number of amides is 1. The van der Waals surface area contributed by atoms with Gasteiger partial charge in [0.15, 0.2) is 0 Å². The van der Waals surface area contributed by atoms with Crippen molar-refractivity contribution in [3.05, 3.63) is 36.2 Å². The number of nitrogens with one attached hydrogen (secondary N) is 1. The molecule has 0 radical (unpaired) electrons. The number of carbonyl (C=O) groups excluding carboxylic acids is 1. The fourth-order valence-corrected chi connectivity index (χ4v) is 4.04. The number of benzene rings is 1. The molecule has 0 saturated heterocycles. The van der Waals surface area contributed by atoms with Crippen molar-refractivity contribution in [1.82, 2.24) is 9.78 Å². The van der Waals surface area contributed by atoms with Gasteiger partial charge in [0.1, 0.15) is 0 Å². The zero-order chi connectivity index (χ0) is 17.7. The summed E-state index contributed by atoms with van der Waals surface area (Å²) < 4.78 is 29.2. The average molecular weight is 348 g/mol. The van der Waals surface area contributed by atoms with E-state index in [-0.39, 0.29) is 10.8 Å². The number of hydrogen-bond acceptors (Lipinski definition) is 4. The summed E-state index contributed by atoms with van der Waals surface area (Å²) in [5, 5.41) is 3.94. The summed E-state index contributed by atoms with van der Waals surface area (Å²) >= 11 is 0. The van der Waals surface area contributed by atoms with Crippen LogP contribution in [0.25, 0.3) is 0 Å². The van der Waals surface area contributed by atoms with Crippen LogP contribution in [-0.4, -0.2) is 30.7 Å². The molecule has 2 heterocycles. The minimum absolute atomic E-state index is 0.0187. The van der Waals surface area contributed by atoms with Gasteiger partial charge >= 0.3 is 0 Å². The molecular weight excluding hydrogens is 328 g/mol. The van der Waals surface area contributed by atoms with Crippen molar-refractivity contribution in [2.45, 2.75) is 31.1 Å². The molecule has 24 heavy (non-hydrogen) atoms. The van der Waals surface area contributed by atoms with Crippen LogP contribution in [0.15, 0.2) is 35.5 Å². The summed E-state index contributed by atoms with van der Waals surface area (Å²) in [6.45, 7) is 6.08. The topological polar surface area (TPSA) is 84.3 Å². The van der Waals surface area contributed by atoms with Gasteiger partial charge in [0.05, 0.1) is 22.2 Å². The number of rotatable bonds is 4. The lowest BCUT2D eigenvalue weighted by molar-refractivity contribution is -0.122. The van der Waals surface area contributed by atoms with Gasteiger partial charge in [-0.25, -0.2) is 8.42 Å². The van der Waals surface area contributed by atoms with E-state index in [1.54, 1.807) is 30.3 Å². The van der Waals surface area contributed by atoms with Gasteiger partial charge in [0.25, 0.3) is 10.0 Å². The molecule has 0 aliphatic carbocycles. The standard InChI is InChI=1S/C16H20N4O3S/c1-5-20-14-7-6-12(8-13(14)16(2,3)15(20)21)24(22,23)18-11-9-17-19(4)10-11/h6-10,18H,5H2,1-4H3. The first-order valence-corrected chi connectivity index (χ1v) is 9.13. The van der Waals surface area contributed by atoms with Crippen molar-refractivity contribution in [1.29, 1.82) is 0 Å². The molecule has 7 nitrogen and oxygen atoms in total. The third-order valence-electron chi connectivity index (χ3n) is 4.30. The molecule has 0 bridgehead atoms. The highest BCUT2D eigenvalue weighted by molar-refractivity contribution is 7.92. The van der Waals surface area contributed by atoms with Gasteiger partial charge in [-0.3, -0.25) is 14.2 Å². The highest BCUT2D eigenvalue weighted by Crippen LogP contribution is 2.42. The van der Waals surface area contributed by atoms with E-state index in [4.69, 9.17) is 0 Å². The van der Waals surface area contributed by atoms with Gasteiger partial charge in [-0.05, 0) is 44.5 Å². The molecule has 0 atom stereocenters. The first kappa shape index (κ1) is 16.5. The highest BCUT2D eigenvalue weighted by atomic mass is 32.2. The Morgan fingerprint density at radius 3 is 2.58 bits per heavy atom. The van der Waals surface area contributed by atoms with Crippen molar-refractivity contribution >= 4 is 27.3 Å². The van der Waals surface area contributed by atoms with Crippen LogP contribution in [0.4, 0.5) is 11.4 Å². The van der Waals surface area contributed by atoms with E-state index < -0.39 is 15.4 Å². The number of aromatic nitrogens is 2. The molecule has 3 rings (SSSR count). The van der Waals surface area contributed by atoms with Crippen LogP contribution in [0.5, 0.6) is 0 Å². The Labute approximate surface area is 141 Å². The molecule has 0 fully saturated rings. The Kier molecular flexibility index (Phi) is 3.67. The van der Waals surface area contributed by atoms with E-state index in [0.29, 0.717) is 12.2 Å². The van der Waals surface area contributed by atoms with Crippen LogP contribution in [0.3, 0.4) is 0 Å². The molecule has 0 spiro atoms. The van der Waals surface area contributed by atoms with Crippen molar-refractivity contribution in [3.63, 3.8) is 0 Å². The second kappa shape index (κ2) is 5.34. The number of fused-ring (bicyclic) bond motifs is 1. The Morgan fingerprint density at radius 1 is 1.29 bits per heavy atom. The fraction of sp³-hybridized carbons (Fsp3) is 0.375. The Balaban J connectivity index is 2.03. The number of anilines is 2. The summed E-state index contributed by atoms with van der Waals surface area (Å²) in [5.74, 6) is -0.0187. The van der Waals surface area contributed by atoms with Gasteiger partial charge in [-0.2, -0.15) is 5.10 Å². The number of hydrogen-bond donors (Lipinski definition) is 1. The van der Waals surface area contributed by atoms with Crippen molar-refractivity contribution in [2.24, 2.45) is 7.05 Å². The van der Waals surface area contributed by atoms with E-state index in [9.17, 15) is 13.2 Å². The molecule has 1 aromatic heterocycles. The first-order chi connectivity index (χ1) is 11.2. The predicted octanol–water partition coefficient (Wildman–Crippen LogP) is 1.86. The number of carbonyl (C=O) groups is 1. The van der Waals surface area contributed by atoms with Gasteiger partial charge in [-0.15, -0.1) is 0 Å². The van der Waals surface area contributed by atoms with Crippen molar-refractivity contribution in [2.75, 3.05) is 16.2 Å². The molecule has 1 aromatic carbocycles. The van der Waals surface area contributed by atoms with E-state index in [1.807, 2.05) is 20.8 Å². The van der Waals surface area contributed by atoms with E-state index in [1.165, 1.54) is 16.9 Å². The molecule has 1 aliphatic heterocycles. The lowest BCUT2D eigenvalue weighted by Gasteiger charge is -2.18. The third kappa shape index (κ3) is 2.47. The second-order valence-corrected chi connectivity index (χ2v) is 8.04. The molecule has 0 unspecified atom stereocenters. The quantitative estimate of drug-likeness (QED) is 0.914. The van der Waals surface area contributed by atoms with Crippen molar-refractivity contribution < 1.29 is 13.2 Å². The van der Waals surface area contributed by atoms with Crippen LogP contribution < -0.4 is 9.62 Å². The monoisotopic (exact) mass is 348 g/mol. The van der Waals surface area contributed by atoms with Gasteiger partial charge < -0.3 is 4.90 Å². The third-order valence-corrected chi connectivity index (χ3v) is 5.67. The van der Waals surface area contributed by atoms with Gasteiger partial charge in [-0.1, -0.05) is 0 Å². The number of sulfonamides is 1. The lowest BCUT2D eigenvalue weighted by Crippen LogP contribution is -2.35. The molecule has 1 aliphatic rings. The van der Waals surface area contributed by atoms with Crippen LogP contribution in [0.2, 0.25) is 0 Å². The van der Waals surface area contributed by atoms with Crippen molar-refractivity contribution in [3.8, 4) is 0 Å². The summed E-state index contributed by atoms with van der Waals surface area (Å²) in [7, 11) is -2.04. The molecule has 8 heteroatoms. The summed E-state index contributed by atoms with van der Waals surface area (Å²) in [4.78, 5) is 14.3. The van der Waals surface area contributed by atoms with Crippen LogP contribution in [0.1, 0.15) is 26.3 Å². The maximum atomic E-state index is 12.6. The molecule has 0 saturated carbocycles. The molecule has 2 aromatic rings. The largest absolute Gasteiger partial charge is 0.312 e. The predicted molar refractivity (Wildman–Crippen MR) is 91.5 cm³/mol. The number of aryl methyl sites for hydroxylation is 1. The molecule has 1 amide bonds. The van der Waals surface area contributed by atoms with E-state index in [2.05, 4.69) is 9.82 Å². The smallest absolute Gasteiger partial charge is 0.262 e. The van der Waals surface area contributed by atoms with E-state index in [0.717, 1.165) is 11.3 Å². The SMILES string of the molecule is CCN1C(=O)C(C)(C)c2cc(S(=O)(=O)Nc3cnn(C)c3)ccc21. The van der Waals surface area contributed by atoms with E-state index >= 15 is 0 Å². The second-order valence-electron chi connectivity index (χ2n) is 6.36. The van der Waals surface area contributed by atoms with Crippen LogP contribution in [0, 0.1) is 0 Å². The maximum Gasteiger partial charge on any atom is 0.262 e. The summed E-state index contributed by atoms with van der Waals surface area (Å²) in [6.07, 6.45) is 3.02. The molecule has 1 N–H and O–H groups in total. The minimum Gasteiger partial charge on any atom is -0.312 e. The van der Waals surface area contributed by atoms with Crippen LogP contribution >= 0.6 is 0 Å². The number of likely N-dealkylation sites (N-methyl/N-ethyl adjacent to an activating group) is 1. The zero-order valence-corrected chi connectivity index (χ0v) is 14.9. The minimum atomic E-state index is -3.75. The lowest BCUT2D eigenvalue weighted by atomic mass is 9.86. The highest BCUT2D eigenvalue weighted by Gasteiger charge is 2.43. The Bertz CT molecular complexity index is 915. The Hall–Kier alpha value is -2.35. The van der Waals surface area contributed by atoms with Gasteiger partial charge in [0, 0.05) is 25.5 Å². The Morgan fingerprint density at radius 2 is 2.00 bits per heavy atom. The fourth-order valence-electron chi connectivity index (χ4n) is 2.98. The first-order valence-electron chi connectivity index (χ1n) is 7.65. The van der Waals surface area contributed by atoms with Gasteiger partial charge in [0.2, 0.25) is 5.91 Å². The summed E-state index contributed by atoms with van der Waals surface area (Å²) in [6, 6.07) is 4.81. The normalized spacial score (nSPS) is 16.3. The zero-order valence-electron chi connectivity index (χ0n) is 14.1. The molecular formula is C16H20N4O3S. The summed E-state index contributed by atoms with van der Waals surface area (Å²) in [5.41, 5.74) is 1.14. The maximum absolute atomic E-state index is 12.6. The number of nitrogens with zero attached hydrogens (tertiary/aromatic N) is 3.